The van der Waals surface area contributed by atoms with Gasteiger partial charge in [-0.2, -0.15) is 0 Å². The number of nitrogens with zero attached hydrogens (tertiary/aromatic N) is 2. The van der Waals surface area contributed by atoms with Crippen LogP contribution in [-0.4, -0.2) is 30.1 Å². The molecule has 1 aromatic carbocycles. The van der Waals surface area contributed by atoms with E-state index in [1.807, 2.05) is 0 Å². The molecule has 1 heterocycles. The van der Waals surface area contributed by atoms with Gasteiger partial charge in [-0.05, 0) is 36.4 Å². The number of carbonyl (C=O) groups is 1. The van der Waals surface area contributed by atoms with Gasteiger partial charge in [0.2, 0.25) is 5.88 Å². The third kappa shape index (κ3) is 3.26. The van der Waals surface area contributed by atoms with Crippen molar-refractivity contribution >= 4 is 17.5 Å². The van der Waals surface area contributed by atoms with E-state index in [-0.39, 0.29) is 11.8 Å². The standard InChI is InChI=1S/C14H13ClN2O3/c1-17(19-2)14(18)12-4-3-9-16-13(12)20-11-7-5-10(15)6-8-11/h3-9H,1-2H3. The second-order valence-corrected chi connectivity index (χ2v) is 4.33. The van der Waals surface area contributed by atoms with Crippen LogP contribution in [0.2, 0.25) is 5.02 Å². The quantitative estimate of drug-likeness (QED) is 0.812. The van der Waals surface area contributed by atoms with Gasteiger partial charge in [0.15, 0.2) is 0 Å². The Kier molecular flexibility index (Phi) is 4.55. The van der Waals surface area contributed by atoms with Gasteiger partial charge >= 0.3 is 0 Å². The molecule has 1 amide bonds. The number of benzene rings is 1. The molecule has 0 unspecified atom stereocenters. The molecular weight excluding hydrogens is 280 g/mol. The highest BCUT2D eigenvalue weighted by Crippen LogP contribution is 2.25. The smallest absolute Gasteiger partial charge is 0.282 e. The van der Waals surface area contributed by atoms with Crippen LogP contribution in [0.3, 0.4) is 0 Å². The highest BCUT2D eigenvalue weighted by Gasteiger charge is 2.18. The van der Waals surface area contributed by atoms with Crippen LogP contribution in [0.5, 0.6) is 11.6 Å². The van der Waals surface area contributed by atoms with Crippen LogP contribution in [0, 0.1) is 0 Å². The Morgan fingerprint density at radius 1 is 1.25 bits per heavy atom. The second-order valence-electron chi connectivity index (χ2n) is 3.90. The van der Waals surface area contributed by atoms with Crippen molar-refractivity contribution in [3.8, 4) is 11.6 Å². The average molecular weight is 293 g/mol. The van der Waals surface area contributed by atoms with E-state index in [1.54, 1.807) is 42.6 Å². The first kappa shape index (κ1) is 14.3. The van der Waals surface area contributed by atoms with Gasteiger partial charge in [-0.3, -0.25) is 9.63 Å². The summed E-state index contributed by atoms with van der Waals surface area (Å²) in [4.78, 5) is 21.0. The Bertz CT molecular complexity index is 602. The lowest BCUT2D eigenvalue weighted by Crippen LogP contribution is -2.25. The minimum Gasteiger partial charge on any atom is -0.438 e. The molecule has 0 aliphatic heterocycles. The fraction of sp³-hybridized carbons (Fsp3) is 0.143. The van der Waals surface area contributed by atoms with Crippen LogP contribution < -0.4 is 4.74 Å². The van der Waals surface area contributed by atoms with E-state index in [0.29, 0.717) is 16.3 Å². The van der Waals surface area contributed by atoms with E-state index in [0.717, 1.165) is 5.06 Å². The maximum Gasteiger partial charge on any atom is 0.282 e. The zero-order valence-corrected chi connectivity index (χ0v) is 11.8. The zero-order valence-electron chi connectivity index (χ0n) is 11.0. The molecule has 6 heteroatoms. The van der Waals surface area contributed by atoms with Gasteiger partial charge in [0.25, 0.3) is 5.91 Å². The third-order valence-electron chi connectivity index (χ3n) is 2.59. The van der Waals surface area contributed by atoms with Crippen molar-refractivity contribution in [2.75, 3.05) is 14.2 Å². The monoisotopic (exact) mass is 292 g/mol. The fourth-order valence-corrected chi connectivity index (χ4v) is 1.63. The highest BCUT2D eigenvalue weighted by atomic mass is 35.5. The molecule has 20 heavy (non-hydrogen) atoms. The summed E-state index contributed by atoms with van der Waals surface area (Å²) in [7, 11) is 2.93. The first-order chi connectivity index (χ1) is 9.61. The van der Waals surface area contributed by atoms with Crippen molar-refractivity contribution in [1.29, 1.82) is 0 Å². The van der Waals surface area contributed by atoms with Crippen molar-refractivity contribution in [2.24, 2.45) is 0 Å². The van der Waals surface area contributed by atoms with E-state index in [1.165, 1.54) is 14.2 Å². The van der Waals surface area contributed by atoms with Gasteiger partial charge in [0.1, 0.15) is 11.3 Å². The molecule has 0 aliphatic carbocycles. The molecule has 0 N–H and O–H groups in total. The number of hydrogen-bond donors (Lipinski definition) is 0. The summed E-state index contributed by atoms with van der Waals surface area (Å²) >= 11 is 5.81. The van der Waals surface area contributed by atoms with E-state index in [4.69, 9.17) is 21.2 Å². The largest absolute Gasteiger partial charge is 0.438 e. The predicted octanol–water partition coefficient (Wildman–Crippen LogP) is 3.16. The van der Waals surface area contributed by atoms with Gasteiger partial charge in [-0.1, -0.05) is 11.6 Å². The molecule has 0 saturated heterocycles. The minimum absolute atomic E-state index is 0.212. The Labute approximate surface area is 121 Å². The first-order valence-corrected chi connectivity index (χ1v) is 6.20. The summed E-state index contributed by atoms with van der Waals surface area (Å²) in [6.07, 6.45) is 1.55. The Morgan fingerprint density at radius 2 is 1.95 bits per heavy atom. The number of carbonyl (C=O) groups excluding carboxylic acids is 1. The van der Waals surface area contributed by atoms with Crippen molar-refractivity contribution in [3.63, 3.8) is 0 Å². The van der Waals surface area contributed by atoms with Crippen LogP contribution >= 0.6 is 11.6 Å². The third-order valence-corrected chi connectivity index (χ3v) is 2.84. The second kappa shape index (κ2) is 6.36. The molecule has 0 radical (unpaired) electrons. The van der Waals surface area contributed by atoms with Gasteiger partial charge in [-0.25, -0.2) is 10.0 Å². The number of halogens is 1. The molecule has 0 saturated carbocycles. The van der Waals surface area contributed by atoms with Crippen molar-refractivity contribution in [1.82, 2.24) is 10.0 Å². The Balaban J connectivity index is 2.28. The maximum absolute atomic E-state index is 12.1. The molecule has 0 spiro atoms. The van der Waals surface area contributed by atoms with Crippen LogP contribution in [0.15, 0.2) is 42.6 Å². The topological polar surface area (TPSA) is 51.7 Å². The summed E-state index contributed by atoms with van der Waals surface area (Å²) in [5.41, 5.74) is 0.312. The van der Waals surface area contributed by atoms with Crippen LogP contribution in [0.25, 0.3) is 0 Å². The summed E-state index contributed by atoms with van der Waals surface area (Å²) in [5, 5.41) is 1.71. The number of hydrogen-bond acceptors (Lipinski definition) is 4. The zero-order chi connectivity index (χ0) is 14.5. The highest BCUT2D eigenvalue weighted by molar-refractivity contribution is 6.30. The van der Waals surface area contributed by atoms with Crippen molar-refractivity contribution in [2.45, 2.75) is 0 Å². The van der Waals surface area contributed by atoms with Crippen LogP contribution in [0.1, 0.15) is 10.4 Å². The SMILES string of the molecule is CON(C)C(=O)c1cccnc1Oc1ccc(Cl)cc1. The first-order valence-electron chi connectivity index (χ1n) is 5.82. The fourth-order valence-electron chi connectivity index (χ4n) is 1.50. The van der Waals surface area contributed by atoms with Crippen molar-refractivity contribution < 1.29 is 14.4 Å². The van der Waals surface area contributed by atoms with Gasteiger partial charge in [-0.15, -0.1) is 0 Å². The molecule has 1 aromatic heterocycles. The number of hydroxylamine groups is 2. The lowest BCUT2D eigenvalue weighted by molar-refractivity contribution is -0.0758. The number of amides is 1. The number of aromatic nitrogens is 1. The Morgan fingerprint density at radius 3 is 2.60 bits per heavy atom. The molecule has 2 aromatic rings. The van der Waals surface area contributed by atoms with Gasteiger partial charge < -0.3 is 4.74 Å². The number of rotatable bonds is 4. The van der Waals surface area contributed by atoms with E-state index < -0.39 is 0 Å². The Hall–Kier alpha value is -2.11. The number of ether oxygens (including phenoxy) is 1. The predicted molar refractivity (Wildman–Crippen MR) is 74.9 cm³/mol. The molecular formula is C14H13ClN2O3. The molecule has 0 fully saturated rings. The summed E-state index contributed by atoms with van der Waals surface area (Å²) in [6, 6.07) is 10.1. The molecule has 0 aliphatic rings. The lowest BCUT2D eigenvalue weighted by atomic mass is 10.2. The van der Waals surface area contributed by atoms with Gasteiger partial charge in [0, 0.05) is 18.3 Å². The average Bonchev–Trinajstić information content (AvgIpc) is 2.48. The molecule has 0 bridgehead atoms. The molecule has 2 rings (SSSR count). The van der Waals surface area contributed by atoms with Crippen molar-refractivity contribution in [3.05, 3.63) is 53.2 Å². The van der Waals surface area contributed by atoms with Gasteiger partial charge in [0.05, 0.1) is 7.11 Å². The summed E-state index contributed by atoms with van der Waals surface area (Å²) in [5.74, 6) is 0.413. The van der Waals surface area contributed by atoms with E-state index >= 15 is 0 Å². The summed E-state index contributed by atoms with van der Waals surface area (Å²) in [6.45, 7) is 0. The lowest BCUT2D eigenvalue weighted by Gasteiger charge is -2.15. The molecule has 5 nitrogen and oxygen atoms in total. The molecule has 0 atom stereocenters. The number of pyridine rings is 1. The molecule has 104 valence electrons. The maximum atomic E-state index is 12.1. The van der Waals surface area contributed by atoms with Crippen LogP contribution in [0.4, 0.5) is 0 Å². The normalized spacial score (nSPS) is 10.2. The van der Waals surface area contributed by atoms with Crippen LogP contribution in [-0.2, 0) is 4.84 Å². The summed E-state index contributed by atoms with van der Waals surface area (Å²) < 4.78 is 5.61. The van der Waals surface area contributed by atoms with E-state index in [9.17, 15) is 4.79 Å². The minimum atomic E-state index is -0.343. The van der Waals surface area contributed by atoms with E-state index in [2.05, 4.69) is 4.98 Å².